The molecule has 3 aliphatic rings. The molecule has 0 spiro atoms. The van der Waals surface area contributed by atoms with Gasteiger partial charge in [0.05, 0.1) is 24.5 Å². The zero-order valence-electron chi connectivity index (χ0n) is 23.2. The van der Waals surface area contributed by atoms with Crippen molar-refractivity contribution >= 4 is 23.1 Å². The van der Waals surface area contributed by atoms with E-state index in [1.807, 2.05) is 41.3 Å². The second kappa shape index (κ2) is 9.71. The number of nitrogens with zero attached hydrogens (tertiary/aromatic N) is 1. The van der Waals surface area contributed by atoms with Crippen molar-refractivity contribution < 1.29 is 14.3 Å². The minimum absolute atomic E-state index is 0.0102. The number of ether oxygens (including phenoxy) is 1. The summed E-state index contributed by atoms with van der Waals surface area (Å²) in [5, 5.41) is 3.63. The van der Waals surface area contributed by atoms with Gasteiger partial charge in [-0.3, -0.25) is 14.5 Å². The lowest BCUT2D eigenvalue weighted by Crippen LogP contribution is -2.39. The van der Waals surface area contributed by atoms with Crippen molar-refractivity contribution in [2.75, 3.05) is 17.3 Å². The minimum atomic E-state index is -0.470. The summed E-state index contributed by atoms with van der Waals surface area (Å²) in [5.41, 5.74) is 6.66. The zero-order valence-corrected chi connectivity index (χ0v) is 23.2. The molecule has 1 heterocycles. The molecule has 5 heteroatoms. The largest absolute Gasteiger partial charge is 0.497 e. The topological polar surface area (TPSA) is 58.6 Å². The summed E-state index contributed by atoms with van der Waals surface area (Å²) in [6.45, 7) is 6.59. The molecule has 6 rings (SSSR count). The molecule has 0 aromatic heterocycles. The molecule has 2 atom stereocenters. The van der Waals surface area contributed by atoms with Crippen molar-refractivity contribution in [1.29, 1.82) is 0 Å². The third kappa shape index (κ3) is 4.75. The highest BCUT2D eigenvalue weighted by molar-refractivity contribution is 6.07. The Hall–Kier alpha value is -3.86. The van der Waals surface area contributed by atoms with E-state index >= 15 is 0 Å². The monoisotopic (exact) mass is 520 g/mol. The van der Waals surface area contributed by atoms with E-state index in [9.17, 15) is 9.59 Å². The average Bonchev–Trinajstić information content (AvgIpc) is 3.79. The maximum atomic E-state index is 14.1. The number of ketones is 1. The van der Waals surface area contributed by atoms with E-state index < -0.39 is 6.04 Å². The highest BCUT2D eigenvalue weighted by atomic mass is 16.5. The third-order valence-corrected chi connectivity index (χ3v) is 8.33. The lowest BCUT2D eigenvalue weighted by Gasteiger charge is -2.35. The molecule has 1 amide bonds. The van der Waals surface area contributed by atoms with Gasteiger partial charge in [0, 0.05) is 23.6 Å². The standard InChI is InChI=1S/C34H36N2O3/c1-34(2,3)25-15-11-22(12-16-25)32-31-28(19-24(20-30(31)37)21-13-17-26(39-4)18-14-21)35-27-7-5-6-8-29(27)36(32)33(38)23-9-10-23/h5-8,11-18,23-24,32,35H,9-10,19-20H2,1-4H3/t24-,32-/m1/s1. The van der Waals surface area contributed by atoms with Crippen LogP contribution >= 0.6 is 0 Å². The van der Waals surface area contributed by atoms with Crippen LogP contribution < -0.4 is 15.0 Å². The van der Waals surface area contributed by atoms with Crippen LogP contribution in [0.15, 0.2) is 84.1 Å². The van der Waals surface area contributed by atoms with Crippen LogP contribution in [0, 0.1) is 5.92 Å². The third-order valence-electron chi connectivity index (χ3n) is 8.33. The first-order valence-corrected chi connectivity index (χ1v) is 13.9. The molecular formula is C34H36N2O3. The van der Waals surface area contributed by atoms with E-state index in [1.165, 1.54) is 5.56 Å². The second-order valence-corrected chi connectivity index (χ2v) is 12.1. The zero-order chi connectivity index (χ0) is 27.3. The Morgan fingerprint density at radius 1 is 0.897 bits per heavy atom. The molecule has 0 unspecified atom stereocenters. The van der Waals surface area contributed by atoms with Gasteiger partial charge in [-0.2, -0.15) is 0 Å². The van der Waals surface area contributed by atoms with Gasteiger partial charge in [-0.05, 0) is 71.6 Å². The summed E-state index contributed by atoms with van der Waals surface area (Å²) in [6.07, 6.45) is 2.91. The summed E-state index contributed by atoms with van der Waals surface area (Å²) in [5.74, 6) is 1.07. The van der Waals surface area contributed by atoms with Crippen LogP contribution in [0.1, 0.15) is 75.1 Å². The van der Waals surface area contributed by atoms with Crippen molar-refractivity contribution in [3.63, 3.8) is 0 Å². The lowest BCUT2D eigenvalue weighted by molar-refractivity contribution is -0.120. The predicted octanol–water partition coefficient (Wildman–Crippen LogP) is 7.30. The first-order valence-electron chi connectivity index (χ1n) is 13.9. The number of para-hydroxylation sites is 2. The maximum absolute atomic E-state index is 14.1. The van der Waals surface area contributed by atoms with Crippen LogP contribution in [0.3, 0.4) is 0 Å². The number of hydrogen-bond acceptors (Lipinski definition) is 4. The fourth-order valence-corrected chi connectivity index (χ4v) is 5.95. The Bertz CT molecular complexity index is 1440. The number of allylic oxidation sites excluding steroid dienone is 1. The van der Waals surface area contributed by atoms with Crippen LogP contribution in [-0.4, -0.2) is 18.8 Å². The smallest absolute Gasteiger partial charge is 0.231 e. The molecule has 0 saturated heterocycles. The highest BCUT2D eigenvalue weighted by Crippen LogP contribution is 2.49. The fraction of sp³-hybridized carbons (Fsp3) is 0.353. The van der Waals surface area contributed by atoms with Gasteiger partial charge in [-0.1, -0.05) is 69.3 Å². The number of hydrogen-bond donors (Lipinski definition) is 1. The van der Waals surface area contributed by atoms with Gasteiger partial charge < -0.3 is 10.1 Å². The number of methoxy groups -OCH3 is 1. The van der Waals surface area contributed by atoms with Crippen LogP contribution in [-0.2, 0) is 15.0 Å². The Morgan fingerprint density at radius 2 is 1.56 bits per heavy atom. The van der Waals surface area contributed by atoms with Crippen molar-refractivity contribution in [2.45, 2.75) is 63.8 Å². The molecule has 1 N–H and O–H groups in total. The number of Topliss-reactive ketones (excluding diaryl/α,β-unsaturated/α-hetero) is 1. The molecule has 39 heavy (non-hydrogen) atoms. The van der Waals surface area contributed by atoms with E-state index in [2.05, 4.69) is 62.5 Å². The van der Waals surface area contributed by atoms with Gasteiger partial charge in [0.1, 0.15) is 5.75 Å². The Balaban J connectivity index is 1.50. The van der Waals surface area contributed by atoms with Crippen LogP contribution in [0.5, 0.6) is 5.75 Å². The van der Waals surface area contributed by atoms with E-state index in [-0.39, 0.29) is 28.9 Å². The van der Waals surface area contributed by atoms with Gasteiger partial charge in [0.2, 0.25) is 5.91 Å². The number of benzene rings is 3. The van der Waals surface area contributed by atoms with E-state index in [4.69, 9.17) is 4.74 Å². The number of fused-ring (bicyclic) bond motifs is 1. The molecule has 3 aromatic carbocycles. The number of carbonyl (C=O) groups is 2. The van der Waals surface area contributed by atoms with E-state index in [0.717, 1.165) is 46.8 Å². The Labute approximate surface area is 230 Å². The quantitative estimate of drug-likeness (QED) is 0.392. The number of carbonyl (C=O) groups excluding carboxylic acids is 2. The van der Waals surface area contributed by atoms with Gasteiger partial charge >= 0.3 is 0 Å². The van der Waals surface area contributed by atoms with Gasteiger partial charge in [0.15, 0.2) is 5.78 Å². The molecule has 1 fully saturated rings. The van der Waals surface area contributed by atoms with Gasteiger partial charge in [0.25, 0.3) is 0 Å². The molecule has 1 aliphatic heterocycles. The van der Waals surface area contributed by atoms with Crippen molar-refractivity contribution in [3.8, 4) is 5.75 Å². The van der Waals surface area contributed by atoms with Crippen molar-refractivity contribution in [3.05, 3.63) is 101 Å². The van der Waals surface area contributed by atoms with Crippen molar-refractivity contribution in [1.82, 2.24) is 0 Å². The molecule has 1 saturated carbocycles. The molecule has 3 aromatic rings. The van der Waals surface area contributed by atoms with Gasteiger partial charge in [-0.25, -0.2) is 0 Å². The normalized spacial score (nSPS) is 21.0. The number of amides is 1. The summed E-state index contributed by atoms with van der Waals surface area (Å²) in [4.78, 5) is 30.0. The SMILES string of the molecule is COc1ccc([C@H]2CC(=O)C3=C(C2)Nc2ccccc2N(C(=O)C2CC2)[C@@H]3c2ccc(C(C)(C)C)cc2)cc1. The van der Waals surface area contributed by atoms with Crippen LogP contribution in [0.25, 0.3) is 0 Å². The van der Waals surface area contributed by atoms with Crippen LogP contribution in [0.4, 0.5) is 11.4 Å². The number of nitrogens with one attached hydrogen (secondary N) is 1. The van der Waals surface area contributed by atoms with E-state index in [1.54, 1.807) is 7.11 Å². The maximum Gasteiger partial charge on any atom is 0.231 e. The fourth-order valence-electron chi connectivity index (χ4n) is 5.95. The molecule has 2 aliphatic carbocycles. The first kappa shape index (κ1) is 25.4. The molecule has 200 valence electrons. The summed E-state index contributed by atoms with van der Waals surface area (Å²) >= 11 is 0. The Morgan fingerprint density at radius 3 is 2.21 bits per heavy atom. The van der Waals surface area contributed by atoms with Crippen LogP contribution in [0.2, 0.25) is 0 Å². The van der Waals surface area contributed by atoms with E-state index in [0.29, 0.717) is 18.4 Å². The number of anilines is 2. The summed E-state index contributed by atoms with van der Waals surface area (Å²) in [7, 11) is 1.66. The predicted molar refractivity (Wildman–Crippen MR) is 155 cm³/mol. The lowest BCUT2D eigenvalue weighted by atomic mass is 9.77. The summed E-state index contributed by atoms with van der Waals surface area (Å²) in [6, 6.07) is 24.0. The van der Waals surface area contributed by atoms with Crippen molar-refractivity contribution in [2.24, 2.45) is 5.92 Å². The second-order valence-electron chi connectivity index (χ2n) is 12.1. The first-order chi connectivity index (χ1) is 18.7. The average molecular weight is 521 g/mol. The summed E-state index contributed by atoms with van der Waals surface area (Å²) < 4.78 is 5.34. The molecule has 0 radical (unpaired) electrons. The Kier molecular flexibility index (Phi) is 6.33. The minimum Gasteiger partial charge on any atom is -0.497 e. The highest BCUT2D eigenvalue weighted by Gasteiger charge is 2.45. The molecule has 5 nitrogen and oxygen atoms in total. The number of rotatable bonds is 4. The molecule has 0 bridgehead atoms. The molecular weight excluding hydrogens is 484 g/mol. The van der Waals surface area contributed by atoms with Gasteiger partial charge in [-0.15, -0.1) is 0 Å².